The van der Waals surface area contributed by atoms with E-state index in [1.807, 2.05) is 42.5 Å². The van der Waals surface area contributed by atoms with E-state index < -0.39 is 7.60 Å². The summed E-state index contributed by atoms with van der Waals surface area (Å²) in [6.45, 7) is 6.45. The molecule has 65 heavy (non-hydrogen) atoms. The molecule has 0 saturated heterocycles. The zero-order valence-electron chi connectivity index (χ0n) is 39.5. The van der Waals surface area contributed by atoms with Crippen LogP contribution in [0.15, 0.2) is 84.9 Å². The fourth-order valence-electron chi connectivity index (χ4n) is 5.74. The van der Waals surface area contributed by atoms with Gasteiger partial charge in [-0.15, -0.1) is 22.1 Å². The smallest absolute Gasteiger partial charge is 0.657 e. The van der Waals surface area contributed by atoms with Crippen LogP contribution in [0.1, 0.15) is 42.2 Å². The van der Waals surface area contributed by atoms with Crippen molar-refractivity contribution in [3.8, 4) is 22.3 Å². The minimum absolute atomic E-state index is 0. The van der Waals surface area contributed by atoms with Crippen LogP contribution in [0.5, 0.6) is 0 Å². The Balaban J connectivity index is -0.0000000780. The number of benzene rings is 2. The molecule has 2 N–H and O–H groups in total. The summed E-state index contributed by atoms with van der Waals surface area (Å²) in [6.07, 6.45) is 4.74. The van der Waals surface area contributed by atoms with Gasteiger partial charge in [0, 0.05) is 432 Å². The van der Waals surface area contributed by atoms with Crippen molar-refractivity contribution < 1.29 is 443 Å². The Kier molecular flexibility index (Phi) is 97.1. The molecule has 0 radical (unpaired) electrons. The maximum atomic E-state index is 11.9. The van der Waals surface area contributed by atoms with E-state index in [4.69, 9.17) is 19.9 Å². The summed E-state index contributed by atoms with van der Waals surface area (Å²) in [4.78, 5) is 39.5. The van der Waals surface area contributed by atoms with E-state index >= 15 is 0 Å². The molecule has 256 valence electrons. The summed E-state index contributed by atoms with van der Waals surface area (Å²) in [6, 6.07) is 26.8. The topological polar surface area (TPSA) is 112 Å². The average Bonchev–Trinajstić information content (AvgIpc) is 3.75. The third-order valence-electron chi connectivity index (χ3n) is 8.00. The predicted molar refractivity (Wildman–Crippen MR) is 172 cm³/mol. The van der Waals surface area contributed by atoms with Crippen molar-refractivity contribution in [1.29, 1.82) is 0 Å². The molecule has 5 aromatic rings. The number of hydrogen-bond acceptors (Lipinski definition) is 3. The summed E-state index contributed by atoms with van der Waals surface area (Å²) in [5, 5.41) is -0.0375. The molecule has 7 nitrogen and oxygen atoms in total. The molecule has 7 rings (SSSR count). The van der Waals surface area contributed by atoms with E-state index in [0.29, 0.717) is 11.2 Å². The summed E-state index contributed by atoms with van der Waals surface area (Å²) >= 11 is 0. The van der Waals surface area contributed by atoms with Gasteiger partial charge in [0.05, 0.1) is 16.7 Å². The third-order valence-corrected chi connectivity index (χ3v) is 8.97. The van der Waals surface area contributed by atoms with Crippen LogP contribution < -0.4 is 15.3 Å². The average molecular weight is 2020 g/mol. The molecule has 0 amide bonds. The standard InChI is InChI=1S/C35H29N4O3P.22Zn/c1-21-4-6-22(7-5-21)33-29-15-11-25(37-29)19-32-35(2,3)20-26(38-32)18-24-10-14-28(36-24)34(31-17-16-30(33)39-31)23-8-12-27(13-9-23)43(40,41)42;;;;;;;;;;;;;;;;;;;;;;/h4-19H,20H2,1-3H3,(H2,40,41,42);;;;;;;;;;;;;;;;;;;;;;/q-2;;;;;;;;;;;;;;;;;;;;;;+2. The van der Waals surface area contributed by atoms with Crippen LogP contribution in [-0.2, 0) is 445 Å². The van der Waals surface area contributed by atoms with Crippen molar-refractivity contribution in [3.63, 3.8) is 0 Å². The van der Waals surface area contributed by atoms with E-state index in [2.05, 4.69) is 51.1 Å². The Labute approximate surface area is 664 Å². The zero-order valence-corrected chi connectivity index (χ0v) is 106. The van der Waals surface area contributed by atoms with Gasteiger partial charge in [-0.3, -0.25) is 9.55 Å². The van der Waals surface area contributed by atoms with Gasteiger partial charge >= 0.3 is 27.1 Å². The van der Waals surface area contributed by atoms with Gasteiger partial charge in [0.15, 0.2) is 0 Å². The number of nitrogens with zero attached hydrogens (tertiary/aromatic N) is 4. The van der Waals surface area contributed by atoms with E-state index in [1.54, 1.807) is 12.1 Å². The van der Waals surface area contributed by atoms with E-state index in [0.717, 1.165) is 67.9 Å². The van der Waals surface area contributed by atoms with Crippen LogP contribution in [0, 0.1) is 6.92 Å². The van der Waals surface area contributed by atoms with Crippen LogP contribution >= 0.6 is 7.60 Å². The second kappa shape index (κ2) is 53.8. The Morgan fingerprint density at radius 1 is 0.508 bits per heavy atom. The Morgan fingerprint density at radius 2 is 0.862 bits per heavy atom. The summed E-state index contributed by atoms with van der Waals surface area (Å²) in [5.41, 5.74) is 11.0. The first-order valence-electron chi connectivity index (χ1n) is 14.1. The van der Waals surface area contributed by atoms with Crippen LogP contribution in [0.3, 0.4) is 0 Å². The van der Waals surface area contributed by atoms with Gasteiger partial charge in [-0.25, -0.2) is 4.98 Å². The largest absolute Gasteiger partial charge is 2.00 e. The Bertz CT molecular complexity index is 2190. The number of aryl methyl sites for hydroxylation is 1. The SMILES string of the molecule is Cc1ccc(-c2c3nc(c(-c4ccc(P(=O)(O)O)cc4)c4ccc(cc5nc(cc6ccc2[n-]6)C(C)(C)C5)[n-]4)C=C3)cc1.[Zn+2].[Zn].[Zn].[Zn].[Zn].[Zn].[Zn].[Zn].[Zn].[Zn].[Zn].[Zn].[Zn].[Zn].[Zn].[Zn].[Zn].[Zn].[Zn].[Zn].[Zn].[Zn]. The fraction of sp³-hybridized carbons (Fsp3) is 0.143. The van der Waals surface area contributed by atoms with Gasteiger partial charge in [-0.05, 0) is 53.5 Å². The summed E-state index contributed by atoms with van der Waals surface area (Å²) < 4.78 is 11.9. The van der Waals surface area contributed by atoms with Crippen LogP contribution in [0.25, 0.3) is 56.5 Å². The van der Waals surface area contributed by atoms with Crippen molar-refractivity contribution in [2.75, 3.05) is 0 Å². The van der Waals surface area contributed by atoms with Crippen molar-refractivity contribution >= 4 is 47.1 Å². The molecule has 30 heteroatoms. The van der Waals surface area contributed by atoms with Crippen LogP contribution in [-0.4, -0.2) is 19.8 Å². The summed E-state index contributed by atoms with van der Waals surface area (Å²) in [7, 11) is -4.38. The van der Waals surface area contributed by atoms with Gasteiger partial charge in [0.1, 0.15) is 0 Å². The van der Waals surface area contributed by atoms with Crippen molar-refractivity contribution in [2.45, 2.75) is 32.6 Å². The first kappa shape index (κ1) is 117. The second-order valence-electron chi connectivity index (χ2n) is 11.8. The van der Waals surface area contributed by atoms with Gasteiger partial charge in [0.2, 0.25) is 0 Å². The second-order valence-corrected chi connectivity index (χ2v) is 13.4. The minimum atomic E-state index is -4.38. The first-order chi connectivity index (χ1) is 20.5. The molecule has 0 atom stereocenters. The van der Waals surface area contributed by atoms with Gasteiger partial charge in [0.25, 0.3) is 0 Å². The number of rotatable bonds is 3. The molecule has 2 aliphatic rings. The molecule has 3 aromatic heterocycles. The molecule has 2 aromatic carbocycles. The number of fused-ring (bicyclic) bond motifs is 8. The number of hydrogen-bond donors (Lipinski definition) is 2. The Hall–Kier alpha value is 9.16. The maximum Gasteiger partial charge on any atom is 2.00 e. The molecular weight excluding hydrogens is 1990 g/mol. The van der Waals surface area contributed by atoms with Crippen LogP contribution in [0.2, 0.25) is 0 Å². The molecule has 0 unspecified atom stereocenters. The fourth-order valence-corrected chi connectivity index (χ4v) is 6.28. The monoisotopic (exact) mass is 1990 g/mol. The predicted octanol–water partition coefficient (Wildman–Crippen LogP) is 6.65. The third kappa shape index (κ3) is 31.1. The van der Waals surface area contributed by atoms with E-state index in [9.17, 15) is 14.4 Å². The molecule has 0 spiro atoms. The normalized spacial score (nSPS) is 9.43. The van der Waals surface area contributed by atoms with Crippen molar-refractivity contribution in [3.05, 3.63) is 113 Å². The molecular formula is C35H29N4O3PZn22. The van der Waals surface area contributed by atoms with E-state index in [-0.39, 0.29) is 439 Å². The van der Waals surface area contributed by atoms with Crippen LogP contribution in [0.4, 0.5) is 0 Å². The molecule has 0 saturated carbocycles. The maximum absolute atomic E-state index is 11.9. The van der Waals surface area contributed by atoms with Gasteiger partial charge < -0.3 is 19.8 Å². The molecule has 0 aliphatic carbocycles. The molecule has 5 heterocycles. The van der Waals surface area contributed by atoms with Crippen molar-refractivity contribution in [1.82, 2.24) is 19.9 Å². The minimum Gasteiger partial charge on any atom is -0.657 e. The van der Waals surface area contributed by atoms with Gasteiger partial charge in [-0.1, -0.05) is 92.2 Å². The molecule has 8 bridgehead atoms. The first-order valence-corrected chi connectivity index (χ1v) is 15.7. The van der Waals surface area contributed by atoms with Crippen molar-refractivity contribution in [2.24, 2.45) is 0 Å². The van der Waals surface area contributed by atoms with E-state index in [1.165, 1.54) is 12.1 Å². The van der Waals surface area contributed by atoms with Gasteiger partial charge in [-0.2, -0.15) is 0 Å². The zero-order chi connectivity index (χ0) is 29.9. The Morgan fingerprint density at radius 3 is 1.23 bits per heavy atom. The number of aromatic nitrogens is 4. The molecule has 2 aliphatic heterocycles. The molecule has 0 fully saturated rings. The summed E-state index contributed by atoms with van der Waals surface area (Å²) in [5.74, 6) is 0. The quantitative estimate of drug-likeness (QED) is 0.151.